The molecule has 108 valence electrons. The minimum absolute atomic E-state index is 0.876. The van der Waals surface area contributed by atoms with E-state index in [1.54, 1.807) is 0 Å². The van der Waals surface area contributed by atoms with Crippen LogP contribution in [0.15, 0.2) is 67.3 Å². The SMILES string of the molecule is C=CC/C=C(\Br)c1ccc(-c2ccc(CCC)cc2)cc1. The summed E-state index contributed by atoms with van der Waals surface area (Å²) in [5, 5.41) is 0. The Morgan fingerprint density at radius 3 is 2.10 bits per heavy atom. The van der Waals surface area contributed by atoms with E-state index in [1.807, 2.05) is 6.08 Å². The maximum Gasteiger partial charge on any atom is 0.0210 e. The summed E-state index contributed by atoms with van der Waals surface area (Å²) in [5.74, 6) is 0. The average molecular weight is 341 g/mol. The highest BCUT2D eigenvalue weighted by Gasteiger charge is 2.00. The van der Waals surface area contributed by atoms with Crippen LogP contribution in [0.2, 0.25) is 0 Å². The van der Waals surface area contributed by atoms with E-state index < -0.39 is 0 Å². The molecule has 1 heteroatoms. The topological polar surface area (TPSA) is 0 Å². The summed E-state index contributed by atoms with van der Waals surface area (Å²) in [7, 11) is 0. The predicted molar refractivity (Wildman–Crippen MR) is 97.6 cm³/mol. The second-order valence-electron chi connectivity index (χ2n) is 5.10. The molecular formula is C20H21Br. The van der Waals surface area contributed by atoms with Gasteiger partial charge >= 0.3 is 0 Å². The van der Waals surface area contributed by atoms with E-state index in [0.29, 0.717) is 0 Å². The Morgan fingerprint density at radius 1 is 1.00 bits per heavy atom. The van der Waals surface area contributed by atoms with Crippen LogP contribution in [0.1, 0.15) is 30.9 Å². The molecule has 0 fully saturated rings. The Bertz CT molecular complexity index is 603. The van der Waals surface area contributed by atoms with Gasteiger partial charge in [0.15, 0.2) is 0 Å². The molecule has 0 radical (unpaired) electrons. The fraction of sp³-hybridized carbons (Fsp3) is 0.200. The van der Waals surface area contributed by atoms with Crippen LogP contribution in [0.3, 0.4) is 0 Å². The minimum atomic E-state index is 0.876. The van der Waals surface area contributed by atoms with Gasteiger partial charge in [0.1, 0.15) is 0 Å². The molecule has 0 aromatic heterocycles. The third kappa shape index (κ3) is 4.44. The summed E-state index contributed by atoms with van der Waals surface area (Å²) in [6.07, 6.45) is 7.25. The first kappa shape index (κ1) is 15.8. The van der Waals surface area contributed by atoms with E-state index in [1.165, 1.54) is 28.7 Å². The molecule has 0 nitrogen and oxygen atoms in total. The van der Waals surface area contributed by atoms with Crippen LogP contribution in [0.5, 0.6) is 0 Å². The van der Waals surface area contributed by atoms with Crippen molar-refractivity contribution in [1.29, 1.82) is 0 Å². The molecule has 0 aliphatic rings. The number of allylic oxidation sites excluding steroid dienone is 2. The summed E-state index contributed by atoms with van der Waals surface area (Å²) >= 11 is 3.61. The molecule has 0 aliphatic heterocycles. The largest absolute Gasteiger partial charge is 0.103 e. The first-order valence-electron chi connectivity index (χ1n) is 7.41. The van der Waals surface area contributed by atoms with Crippen molar-refractivity contribution in [3.05, 3.63) is 78.4 Å². The van der Waals surface area contributed by atoms with Crippen LogP contribution in [-0.2, 0) is 6.42 Å². The van der Waals surface area contributed by atoms with Crippen molar-refractivity contribution in [2.75, 3.05) is 0 Å². The van der Waals surface area contributed by atoms with Crippen molar-refractivity contribution in [2.24, 2.45) is 0 Å². The molecule has 0 N–H and O–H groups in total. The smallest absolute Gasteiger partial charge is 0.0210 e. The zero-order valence-corrected chi connectivity index (χ0v) is 14.1. The molecule has 2 aromatic rings. The van der Waals surface area contributed by atoms with E-state index >= 15 is 0 Å². The molecule has 0 spiro atoms. The molecule has 0 saturated heterocycles. The van der Waals surface area contributed by atoms with Crippen LogP contribution in [0, 0.1) is 0 Å². The third-order valence-corrected chi connectivity index (χ3v) is 4.23. The number of hydrogen-bond donors (Lipinski definition) is 0. The number of halogens is 1. The number of rotatable bonds is 6. The highest BCUT2D eigenvalue weighted by atomic mass is 79.9. The van der Waals surface area contributed by atoms with E-state index in [0.717, 1.165) is 17.3 Å². The lowest BCUT2D eigenvalue weighted by molar-refractivity contribution is 0.922. The Hall–Kier alpha value is -1.60. The van der Waals surface area contributed by atoms with E-state index in [-0.39, 0.29) is 0 Å². The molecule has 0 heterocycles. The van der Waals surface area contributed by atoms with E-state index in [2.05, 4.69) is 84.0 Å². The molecule has 2 aromatic carbocycles. The fourth-order valence-electron chi connectivity index (χ4n) is 2.28. The van der Waals surface area contributed by atoms with Crippen molar-refractivity contribution in [3.8, 4) is 11.1 Å². The molecule has 0 unspecified atom stereocenters. The minimum Gasteiger partial charge on any atom is -0.103 e. The first-order chi connectivity index (χ1) is 10.2. The average Bonchev–Trinajstić information content (AvgIpc) is 2.54. The van der Waals surface area contributed by atoms with Crippen molar-refractivity contribution in [3.63, 3.8) is 0 Å². The number of hydrogen-bond acceptors (Lipinski definition) is 0. The highest BCUT2D eigenvalue weighted by molar-refractivity contribution is 9.15. The molecular weight excluding hydrogens is 320 g/mol. The van der Waals surface area contributed by atoms with Crippen molar-refractivity contribution in [1.82, 2.24) is 0 Å². The molecule has 0 atom stereocenters. The first-order valence-corrected chi connectivity index (χ1v) is 8.20. The second kappa shape index (κ2) is 7.99. The molecule has 0 aliphatic carbocycles. The van der Waals surface area contributed by atoms with Gasteiger partial charge < -0.3 is 0 Å². The summed E-state index contributed by atoms with van der Waals surface area (Å²) in [4.78, 5) is 0. The zero-order chi connectivity index (χ0) is 15.1. The highest BCUT2D eigenvalue weighted by Crippen LogP contribution is 2.26. The second-order valence-corrected chi connectivity index (χ2v) is 5.96. The molecule has 0 saturated carbocycles. The van der Waals surface area contributed by atoms with Crippen LogP contribution in [0.25, 0.3) is 15.6 Å². The maximum atomic E-state index is 3.73. The van der Waals surface area contributed by atoms with Gasteiger partial charge in [0.2, 0.25) is 0 Å². The molecule has 2 rings (SSSR count). The Morgan fingerprint density at radius 2 is 1.57 bits per heavy atom. The van der Waals surface area contributed by atoms with Crippen LogP contribution < -0.4 is 0 Å². The number of aryl methyl sites for hydroxylation is 1. The normalized spacial score (nSPS) is 11.4. The standard InChI is InChI=1S/C20H21Br/c1-3-5-7-20(21)19-14-12-18(13-15-19)17-10-8-16(6-4-2)9-11-17/h3,7-15H,1,4-6H2,2H3/b20-7-. The van der Waals surface area contributed by atoms with Gasteiger partial charge in [-0.3, -0.25) is 0 Å². The van der Waals surface area contributed by atoms with Crippen molar-refractivity contribution >= 4 is 20.4 Å². The monoisotopic (exact) mass is 340 g/mol. The summed E-state index contributed by atoms with van der Waals surface area (Å²) in [5.41, 5.74) is 5.13. The fourth-order valence-corrected chi connectivity index (χ4v) is 2.73. The molecule has 0 bridgehead atoms. The summed E-state index contributed by atoms with van der Waals surface area (Å²) in [6.45, 7) is 5.95. The summed E-state index contributed by atoms with van der Waals surface area (Å²) in [6, 6.07) is 17.5. The van der Waals surface area contributed by atoms with E-state index in [9.17, 15) is 0 Å². The van der Waals surface area contributed by atoms with Gasteiger partial charge in [-0.05, 0) is 35.1 Å². The van der Waals surface area contributed by atoms with Gasteiger partial charge in [0.05, 0.1) is 0 Å². The van der Waals surface area contributed by atoms with Gasteiger partial charge in [0.25, 0.3) is 0 Å². The van der Waals surface area contributed by atoms with Gasteiger partial charge in [-0.2, -0.15) is 0 Å². The van der Waals surface area contributed by atoms with Crippen LogP contribution >= 0.6 is 15.9 Å². The third-order valence-electron chi connectivity index (χ3n) is 3.45. The maximum absolute atomic E-state index is 3.73. The molecule has 0 amide bonds. The lowest BCUT2D eigenvalue weighted by atomic mass is 10.0. The quantitative estimate of drug-likeness (QED) is 0.518. The lowest BCUT2D eigenvalue weighted by Gasteiger charge is -2.06. The Kier molecular flexibility index (Phi) is 6.01. The predicted octanol–water partition coefficient (Wildman–Crippen LogP) is 6.62. The zero-order valence-electron chi connectivity index (χ0n) is 12.5. The van der Waals surface area contributed by atoms with Gasteiger partial charge in [-0.1, -0.05) is 90.0 Å². The van der Waals surface area contributed by atoms with Crippen molar-refractivity contribution in [2.45, 2.75) is 26.2 Å². The summed E-state index contributed by atoms with van der Waals surface area (Å²) < 4.78 is 1.12. The van der Waals surface area contributed by atoms with Crippen LogP contribution in [-0.4, -0.2) is 0 Å². The van der Waals surface area contributed by atoms with Gasteiger partial charge in [-0.25, -0.2) is 0 Å². The van der Waals surface area contributed by atoms with Gasteiger partial charge in [-0.15, -0.1) is 6.58 Å². The van der Waals surface area contributed by atoms with E-state index in [4.69, 9.17) is 0 Å². The number of benzene rings is 2. The lowest BCUT2D eigenvalue weighted by Crippen LogP contribution is -1.84. The molecule has 21 heavy (non-hydrogen) atoms. The van der Waals surface area contributed by atoms with Gasteiger partial charge in [0, 0.05) is 4.48 Å². The Labute approximate surface area is 136 Å². The van der Waals surface area contributed by atoms with Crippen molar-refractivity contribution < 1.29 is 0 Å². The Balaban J connectivity index is 2.16. The van der Waals surface area contributed by atoms with Crippen LogP contribution in [0.4, 0.5) is 0 Å².